The number of piperidine rings is 1. The Balaban J connectivity index is 1.74. The zero-order valence-electron chi connectivity index (χ0n) is 15.1. The van der Waals surface area contributed by atoms with E-state index in [1.54, 1.807) is 22.2 Å². The largest absolute Gasteiger partial charge is 0.337 e. The minimum absolute atomic E-state index is 0.0389. The molecule has 5 nitrogen and oxygen atoms in total. The molecule has 1 fully saturated rings. The van der Waals surface area contributed by atoms with Crippen molar-refractivity contribution in [1.29, 1.82) is 0 Å². The highest BCUT2D eigenvalue weighted by atomic mass is 35.5. The molecule has 2 amide bonds. The normalized spacial score (nSPS) is 16.9. The third-order valence-corrected chi connectivity index (χ3v) is 5.06. The van der Waals surface area contributed by atoms with Crippen molar-refractivity contribution in [3.63, 3.8) is 0 Å². The number of aromatic nitrogens is 1. The number of hydrogen-bond acceptors (Lipinski definition) is 3. The van der Waals surface area contributed by atoms with Crippen LogP contribution in [0.4, 0.5) is 4.39 Å². The number of amides is 2. The summed E-state index contributed by atoms with van der Waals surface area (Å²) in [5.74, 6) is -0.793. The lowest BCUT2D eigenvalue weighted by atomic mass is 10.0. The summed E-state index contributed by atoms with van der Waals surface area (Å²) in [5.41, 5.74) is 1.30. The molecule has 0 N–H and O–H groups in total. The highest BCUT2D eigenvalue weighted by molar-refractivity contribution is 6.31. The van der Waals surface area contributed by atoms with E-state index >= 15 is 0 Å². The van der Waals surface area contributed by atoms with Crippen LogP contribution in [0.15, 0.2) is 42.7 Å². The van der Waals surface area contributed by atoms with Gasteiger partial charge in [-0.15, -0.1) is 0 Å². The van der Waals surface area contributed by atoms with Crippen LogP contribution in [0.3, 0.4) is 0 Å². The predicted molar refractivity (Wildman–Crippen MR) is 101 cm³/mol. The van der Waals surface area contributed by atoms with Gasteiger partial charge in [-0.2, -0.15) is 0 Å². The molecule has 1 aromatic heterocycles. The average Bonchev–Trinajstić information content (AvgIpc) is 2.68. The van der Waals surface area contributed by atoms with E-state index in [2.05, 4.69) is 4.98 Å². The third kappa shape index (κ3) is 4.63. The van der Waals surface area contributed by atoms with Crippen LogP contribution in [0, 0.1) is 5.82 Å². The topological polar surface area (TPSA) is 53.5 Å². The molecule has 0 saturated carbocycles. The summed E-state index contributed by atoms with van der Waals surface area (Å²) in [6.07, 6.45) is 5.05. The number of halogens is 2. The lowest BCUT2D eigenvalue weighted by Crippen LogP contribution is -2.51. The molecule has 142 valence electrons. The van der Waals surface area contributed by atoms with Gasteiger partial charge in [-0.1, -0.05) is 17.7 Å². The standard InChI is InChI=1S/C20H21ClFN3O2/c1-14(26)25(12-15-4-2-8-23-11-15)17-5-3-9-24(13-17)20(27)16-6-7-19(22)18(21)10-16/h2,4,6-8,10-11,17H,3,5,9,12-13H2,1H3. The Hall–Kier alpha value is -2.47. The van der Waals surface area contributed by atoms with Gasteiger partial charge < -0.3 is 9.80 Å². The van der Waals surface area contributed by atoms with Crippen LogP contribution >= 0.6 is 11.6 Å². The molecule has 0 spiro atoms. The molecule has 1 aliphatic heterocycles. The first-order valence-electron chi connectivity index (χ1n) is 8.86. The van der Waals surface area contributed by atoms with Crippen LogP contribution in [0.1, 0.15) is 35.7 Å². The Morgan fingerprint density at radius 2 is 2.19 bits per heavy atom. The first-order chi connectivity index (χ1) is 13.0. The van der Waals surface area contributed by atoms with Crippen LogP contribution in [0.5, 0.6) is 0 Å². The molecule has 0 aliphatic carbocycles. The number of likely N-dealkylation sites (tertiary alicyclic amines) is 1. The Kier molecular flexibility index (Phi) is 6.06. The van der Waals surface area contributed by atoms with E-state index < -0.39 is 5.82 Å². The second-order valence-electron chi connectivity index (χ2n) is 6.68. The number of benzene rings is 1. The third-order valence-electron chi connectivity index (χ3n) is 4.77. The smallest absolute Gasteiger partial charge is 0.253 e. The second-order valence-corrected chi connectivity index (χ2v) is 7.09. The molecule has 0 bridgehead atoms. The van der Waals surface area contributed by atoms with E-state index in [-0.39, 0.29) is 22.9 Å². The Bertz CT molecular complexity index is 831. The molecule has 1 aromatic carbocycles. The first-order valence-corrected chi connectivity index (χ1v) is 9.24. The van der Waals surface area contributed by atoms with Crippen LogP contribution in [-0.4, -0.2) is 45.7 Å². The molecule has 3 rings (SSSR count). The Morgan fingerprint density at radius 3 is 2.85 bits per heavy atom. The molecular formula is C20H21ClFN3O2. The number of carbonyl (C=O) groups is 2. The zero-order valence-corrected chi connectivity index (χ0v) is 15.8. The molecule has 2 heterocycles. The van der Waals surface area contributed by atoms with Crippen LogP contribution in [-0.2, 0) is 11.3 Å². The van der Waals surface area contributed by atoms with Gasteiger partial charge in [-0.25, -0.2) is 4.39 Å². The van der Waals surface area contributed by atoms with Gasteiger partial charge in [0.05, 0.1) is 5.02 Å². The lowest BCUT2D eigenvalue weighted by Gasteiger charge is -2.39. The van der Waals surface area contributed by atoms with E-state index in [0.717, 1.165) is 18.4 Å². The molecule has 27 heavy (non-hydrogen) atoms. The zero-order chi connectivity index (χ0) is 19.4. The van der Waals surface area contributed by atoms with Gasteiger partial charge in [0.15, 0.2) is 0 Å². The Morgan fingerprint density at radius 1 is 1.37 bits per heavy atom. The summed E-state index contributed by atoms with van der Waals surface area (Å²) < 4.78 is 13.4. The molecule has 1 saturated heterocycles. The average molecular weight is 390 g/mol. The van der Waals surface area contributed by atoms with E-state index in [1.807, 2.05) is 12.1 Å². The lowest BCUT2D eigenvalue weighted by molar-refractivity contribution is -0.132. The van der Waals surface area contributed by atoms with Gasteiger partial charge >= 0.3 is 0 Å². The summed E-state index contributed by atoms with van der Waals surface area (Å²) >= 11 is 5.80. The van der Waals surface area contributed by atoms with Crippen LogP contribution < -0.4 is 0 Å². The monoisotopic (exact) mass is 389 g/mol. The van der Waals surface area contributed by atoms with Crippen molar-refractivity contribution in [3.05, 3.63) is 64.7 Å². The van der Waals surface area contributed by atoms with E-state index in [0.29, 0.717) is 25.2 Å². The van der Waals surface area contributed by atoms with Crippen molar-refractivity contribution in [2.75, 3.05) is 13.1 Å². The quantitative estimate of drug-likeness (QED) is 0.803. The maximum absolute atomic E-state index is 13.4. The fraction of sp³-hybridized carbons (Fsp3) is 0.350. The predicted octanol–water partition coefficient (Wildman–Crippen LogP) is 3.53. The van der Waals surface area contributed by atoms with Crippen molar-refractivity contribution >= 4 is 23.4 Å². The highest BCUT2D eigenvalue weighted by Crippen LogP contribution is 2.22. The Labute approximate surface area is 162 Å². The summed E-state index contributed by atoms with van der Waals surface area (Å²) in [6, 6.07) is 7.67. The molecule has 1 aliphatic rings. The molecule has 1 atom stereocenters. The maximum Gasteiger partial charge on any atom is 0.253 e. The summed E-state index contributed by atoms with van der Waals surface area (Å²) in [5, 5.41) is -0.0728. The molecule has 7 heteroatoms. The van der Waals surface area contributed by atoms with Gasteiger partial charge in [-0.05, 0) is 42.7 Å². The first kappa shape index (κ1) is 19.3. The van der Waals surface area contributed by atoms with E-state index in [1.165, 1.54) is 25.1 Å². The van der Waals surface area contributed by atoms with Crippen molar-refractivity contribution in [2.45, 2.75) is 32.4 Å². The van der Waals surface area contributed by atoms with Crippen molar-refractivity contribution in [2.24, 2.45) is 0 Å². The van der Waals surface area contributed by atoms with Gasteiger partial charge in [0, 0.05) is 50.6 Å². The molecular weight excluding hydrogens is 369 g/mol. The van der Waals surface area contributed by atoms with Gasteiger partial charge in [0.25, 0.3) is 5.91 Å². The molecule has 0 radical (unpaired) electrons. The fourth-order valence-electron chi connectivity index (χ4n) is 3.39. The van der Waals surface area contributed by atoms with Crippen molar-refractivity contribution in [3.8, 4) is 0 Å². The van der Waals surface area contributed by atoms with E-state index in [9.17, 15) is 14.0 Å². The maximum atomic E-state index is 13.4. The van der Waals surface area contributed by atoms with Gasteiger partial charge in [0.1, 0.15) is 5.82 Å². The number of pyridine rings is 1. The van der Waals surface area contributed by atoms with Crippen molar-refractivity contribution in [1.82, 2.24) is 14.8 Å². The SMILES string of the molecule is CC(=O)N(Cc1cccnc1)C1CCCN(C(=O)c2ccc(F)c(Cl)c2)C1. The number of rotatable bonds is 4. The van der Waals surface area contributed by atoms with Crippen LogP contribution in [0.2, 0.25) is 5.02 Å². The number of nitrogens with zero attached hydrogens (tertiary/aromatic N) is 3. The fourth-order valence-corrected chi connectivity index (χ4v) is 3.57. The summed E-state index contributed by atoms with van der Waals surface area (Å²) in [4.78, 5) is 32.6. The number of hydrogen-bond donors (Lipinski definition) is 0. The van der Waals surface area contributed by atoms with Crippen molar-refractivity contribution < 1.29 is 14.0 Å². The van der Waals surface area contributed by atoms with Gasteiger partial charge in [-0.3, -0.25) is 14.6 Å². The molecule has 1 unspecified atom stereocenters. The van der Waals surface area contributed by atoms with E-state index in [4.69, 9.17) is 11.6 Å². The number of carbonyl (C=O) groups excluding carboxylic acids is 2. The van der Waals surface area contributed by atoms with Crippen LogP contribution in [0.25, 0.3) is 0 Å². The second kappa shape index (κ2) is 8.48. The molecule has 2 aromatic rings. The summed E-state index contributed by atoms with van der Waals surface area (Å²) in [6.45, 7) is 3.03. The highest BCUT2D eigenvalue weighted by Gasteiger charge is 2.30. The summed E-state index contributed by atoms with van der Waals surface area (Å²) in [7, 11) is 0. The minimum Gasteiger partial charge on any atom is -0.337 e. The van der Waals surface area contributed by atoms with Gasteiger partial charge in [0.2, 0.25) is 5.91 Å². The minimum atomic E-state index is -0.552.